The summed E-state index contributed by atoms with van der Waals surface area (Å²) < 4.78 is 5.40. The van der Waals surface area contributed by atoms with Crippen LogP contribution in [-0.4, -0.2) is 0 Å². The van der Waals surface area contributed by atoms with Crippen molar-refractivity contribution in [1.82, 2.24) is 0 Å². The highest BCUT2D eigenvalue weighted by molar-refractivity contribution is 7.26. The molecule has 2 heteroatoms. The first-order valence-corrected chi connectivity index (χ1v) is 16.5. The maximum absolute atomic E-state index is 2.35. The van der Waals surface area contributed by atoms with Crippen molar-refractivity contribution >= 4 is 63.0 Å². The highest BCUT2D eigenvalue weighted by Gasteiger charge is 2.13. The lowest BCUT2D eigenvalue weighted by Gasteiger charge is -2.10. The van der Waals surface area contributed by atoms with E-state index in [0.717, 1.165) is 0 Å². The first kappa shape index (κ1) is 27.9. The Hall–Kier alpha value is -4.24. The monoisotopic (exact) mass is 578 g/mol. The van der Waals surface area contributed by atoms with Crippen LogP contribution in [0.3, 0.4) is 0 Å². The first-order valence-electron chi connectivity index (χ1n) is 14.9. The maximum atomic E-state index is 2.35. The van der Waals surface area contributed by atoms with Gasteiger partial charge in [0, 0.05) is 40.3 Å². The lowest BCUT2D eigenvalue weighted by Crippen LogP contribution is -1.84. The Morgan fingerprint density at radius 1 is 0.333 bits per heavy atom. The molecule has 0 aliphatic heterocycles. The molecule has 0 atom stereocenters. The number of rotatable bonds is 3. The smallest absolute Gasteiger partial charge is 0.0433 e. The molecule has 0 aliphatic rings. The molecule has 0 aliphatic carbocycles. The van der Waals surface area contributed by atoms with E-state index in [1.54, 1.807) is 0 Å². The molecule has 8 aromatic rings. The molecule has 0 fully saturated rings. The van der Waals surface area contributed by atoms with Crippen molar-refractivity contribution in [1.29, 1.82) is 0 Å². The molecule has 0 saturated heterocycles. The topological polar surface area (TPSA) is 0 Å². The van der Waals surface area contributed by atoms with Crippen LogP contribution in [0.1, 0.15) is 27.7 Å². The standard InChI is InChI=1S/C36H22S2.2C2H6/c1-3-19-33-29(13-1)31-17-7-15-27(35(31)37-33)25-11-5-9-23(21-25)24-10-6-12-26(22-24)28-16-8-18-32-30-14-2-4-20-34(30)38-36(28)32;2*1-2/h1-22H;2*1-2H3. The second kappa shape index (κ2) is 12.3. The third kappa shape index (κ3) is 4.91. The van der Waals surface area contributed by atoms with Gasteiger partial charge in [-0.15, -0.1) is 22.7 Å². The minimum Gasteiger partial charge on any atom is -0.135 e. The lowest BCUT2D eigenvalue weighted by atomic mass is 9.95. The van der Waals surface area contributed by atoms with E-state index in [4.69, 9.17) is 0 Å². The summed E-state index contributed by atoms with van der Waals surface area (Å²) in [5, 5.41) is 5.36. The molecule has 0 bridgehead atoms. The molecule has 0 unspecified atom stereocenters. The predicted molar refractivity (Wildman–Crippen MR) is 191 cm³/mol. The molecular formula is C40H34S2. The van der Waals surface area contributed by atoms with Gasteiger partial charge in [0.1, 0.15) is 0 Å². The normalized spacial score (nSPS) is 10.9. The van der Waals surface area contributed by atoms with Crippen molar-refractivity contribution < 1.29 is 0 Å². The van der Waals surface area contributed by atoms with Crippen LogP contribution in [0.2, 0.25) is 0 Å². The molecule has 0 nitrogen and oxygen atoms in total. The summed E-state index contributed by atoms with van der Waals surface area (Å²) >= 11 is 3.78. The van der Waals surface area contributed by atoms with Crippen molar-refractivity contribution in [3.05, 3.63) is 133 Å². The first-order chi connectivity index (χ1) is 20.8. The minimum atomic E-state index is 1.24. The van der Waals surface area contributed by atoms with E-state index < -0.39 is 0 Å². The van der Waals surface area contributed by atoms with Gasteiger partial charge in [-0.1, -0.05) is 137 Å². The zero-order valence-corrected chi connectivity index (χ0v) is 26.2. The maximum Gasteiger partial charge on any atom is 0.0433 e. The van der Waals surface area contributed by atoms with E-state index in [2.05, 4.69) is 133 Å². The van der Waals surface area contributed by atoms with Crippen LogP contribution in [0.5, 0.6) is 0 Å². The fraction of sp³-hybridized carbons (Fsp3) is 0.100. The molecule has 42 heavy (non-hydrogen) atoms. The zero-order valence-electron chi connectivity index (χ0n) is 24.5. The third-order valence-electron chi connectivity index (χ3n) is 7.49. The van der Waals surface area contributed by atoms with Crippen LogP contribution < -0.4 is 0 Å². The van der Waals surface area contributed by atoms with E-state index in [0.29, 0.717) is 0 Å². The summed E-state index contributed by atoms with van der Waals surface area (Å²) in [5.41, 5.74) is 7.61. The van der Waals surface area contributed by atoms with Crippen LogP contribution in [-0.2, 0) is 0 Å². The van der Waals surface area contributed by atoms with Crippen molar-refractivity contribution in [2.45, 2.75) is 27.7 Å². The van der Waals surface area contributed by atoms with Gasteiger partial charge in [0.25, 0.3) is 0 Å². The Balaban J connectivity index is 0.000000759. The van der Waals surface area contributed by atoms with E-state index in [1.807, 2.05) is 50.4 Å². The van der Waals surface area contributed by atoms with E-state index in [9.17, 15) is 0 Å². The highest BCUT2D eigenvalue weighted by Crippen LogP contribution is 2.42. The summed E-state index contributed by atoms with van der Waals surface area (Å²) in [5.74, 6) is 0. The molecule has 0 spiro atoms. The van der Waals surface area contributed by atoms with Crippen molar-refractivity contribution in [3.8, 4) is 33.4 Å². The molecular weight excluding hydrogens is 545 g/mol. The number of hydrogen-bond donors (Lipinski definition) is 0. The van der Waals surface area contributed by atoms with E-state index in [1.165, 1.54) is 73.7 Å². The summed E-state index contributed by atoms with van der Waals surface area (Å²) in [6.07, 6.45) is 0. The van der Waals surface area contributed by atoms with Gasteiger partial charge >= 0.3 is 0 Å². The lowest BCUT2D eigenvalue weighted by molar-refractivity contribution is 1.50. The van der Waals surface area contributed by atoms with Crippen molar-refractivity contribution in [3.63, 3.8) is 0 Å². The molecule has 0 N–H and O–H groups in total. The van der Waals surface area contributed by atoms with Crippen LogP contribution >= 0.6 is 22.7 Å². The number of hydrogen-bond acceptors (Lipinski definition) is 2. The molecule has 6 aromatic carbocycles. The summed E-state index contributed by atoms with van der Waals surface area (Å²) in [6.45, 7) is 8.00. The fourth-order valence-electron chi connectivity index (χ4n) is 5.68. The van der Waals surface area contributed by atoms with Crippen LogP contribution in [0.15, 0.2) is 133 Å². The third-order valence-corrected chi connectivity index (χ3v) is 9.93. The number of benzene rings is 6. The molecule has 2 heterocycles. The van der Waals surface area contributed by atoms with Gasteiger partial charge in [-0.25, -0.2) is 0 Å². The van der Waals surface area contributed by atoms with Gasteiger partial charge in [0.15, 0.2) is 0 Å². The Morgan fingerprint density at radius 2 is 0.690 bits per heavy atom. The van der Waals surface area contributed by atoms with E-state index in [-0.39, 0.29) is 0 Å². The molecule has 0 radical (unpaired) electrons. The molecule has 0 saturated carbocycles. The van der Waals surface area contributed by atoms with Crippen LogP contribution in [0.25, 0.3) is 73.7 Å². The van der Waals surface area contributed by atoms with Gasteiger partial charge in [-0.2, -0.15) is 0 Å². The zero-order chi connectivity index (χ0) is 29.1. The van der Waals surface area contributed by atoms with E-state index >= 15 is 0 Å². The van der Waals surface area contributed by atoms with Gasteiger partial charge in [0.05, 0.1) is 0 Å². The van der Waals surface area contributed by atoms with Gasteiger partial charge in [-0.05, 0) is 57.6 Å². The van der Waals surface area contributed by atoms with Crippen LogP contribution in [0.4, 0.5) is 0 Å². The predicted octanol–water partition coefficient (Wildman–Crippen LogP) is 13.5. The quantitative estimate of drug-likeness (QED) is 0.196. The Labute approximate surface area is 256 Å². The Bertz CT molecular complexity index is 1990. The van der Waals surface area contributed by atoms with Gasteiger partial charge in [0.2, 0.25) is 0 Å². The average Bonchev–Trinajstić information content (AvgIpc) is 3.65. The molecule has 2 aromatic heterocycles. The van der Waals surface area contributed by atoms with Gasteiger partial charge < -0.3 is 0 Å². The highest BCUT2D eigenvalue weighted by atomic mass is 32.1. The second-order valence-electron chi connectivity index (χ2n) is 9.72. The Kier molecular flexibility index (Phi) is 8.19. The second-order valence-corrected chi connectivity index (χ2v) is 11.8. The molecule has 0 amide bonds. The largest absolute Gasteiger partial charge is 0.135 e. The average molecular weight is 579 g/mol. The summed E-state index contributed by atoms with van der Waals surface area (Å²) in [4.78, 5) is 0. The number of thiophene rings is 2. The van der Waals surface area contributed by atoms with Crippen LogP contribution in [0, 0.1) is 0 Å². The Morgan fingerprint density at radius 3 is 1.14 bits per heavy atom. The SMILES string of the molecule is CC.CC.c1cc(-c2cccc(-c3cccc4c3sc3ccccc34)c2)cc(-c2cccc3c2sc2ccccc23)c1. The minimum absolute atomic E-state index is 1.24. The van der Waals surface area contributed by atoms with Crippen molar-refractivity contribution in [2.24, 2.45) is 0 Å². The van der Waals surface area contributed by atoms with Crippen molar-refractivity contribution in [2.75, 3.05) is 0 Å². The summed E-state index contributed by atoms with van der Waals surface area (Å²) in [7, 11) is 0. The van der Waals surface area contributed by atoms with Gasteiger partial charge in [-0.3, -0.25) is 0 Å². The summed E-state index contributed by atoms with van der Waals surface area (Å²) in [6, 6.07) is 48.9. The molecule has 8 rings (SSSR count). The number of fused-ring (bicyclic) bond motifs is 6. The fourth-order valence-corrected chi connectivity index (χ4v) is 8.16. The molecule has 206 valence electrons.